The van der Waals surface area contributed by atoms with E-state index in [4.69, 9.17) is 0 Å². The number of phenolic OH excluding ortho intramolecular Hbond substituents is 1. The van der Waals surface area contributed by atoms with Crippen molar-refractivity contribution < 1.29 is 9.90 Å². The zero-order valence-electron chi connectivity index (χ0n) is 15.6. The Hall–Kier alpha value is -1.16. The number of carbonyl (C=O) groups is 1. The number of nitrogens with one attached hydrogen (secondary N) is 3. The number of phenols is 1. The van der Waals surface area contributed by atoms with Crippen LogP contribution in [-0.2, 0) is 0 Å². The summed E-state index contributed by atoms with van der Waals surface area (Å²) in [6.45, 7) is 4.97. The first-order valence-electron chi connectivity index (χ1n) is 8.75. The van der Waals surface area contributed by atoms with Gasteiger partial charge in [-0.1, -0.05) is 6.07 Å². The molecule has 0 aliphatic heterocycles. The molecular weight excluding hydrogens is 463 g/mol. The van der Waals surface area contributed by atoms with E-state index in [0.29, 0.717) is 18.7 Å². The minimum atomic E-state index is -0.182. The summed E-state index contributed by atoms with van der Waals surface area (Å²) in [4.78, 5) is 16.5. The lowest BCUT2D eigenvalue weighted by atomic mass is 10.2. The summed E-state index contributed by atoms with van der Waals surface area (Å²) in [7, 11) is 0. The quantitative estimate of drug-likeness (QED) is 0.165. The topological polar surface area (TPSA) is 85.8 Å². The number of thioether (sulfide) groups is 1. The lowest BCUT2D eigenvalue weighted by molar-refractivity contribution is 0.0953. The van der Waals surface area contributed by atoms with Crippen LogP contribution in [0.4, 0.5) is 0 Å². The highest BCUT2D eigenvalue weighted by molar-refractivity contribution is 14.0. The van der Waals surface area contributed by atoms with Gasteiger partial charge >= 0.3 is 0 Å². The molecular formula is C18H31IN4O2S. The van der Waals surface area contributed by atoms with Gasteiger partial charge in [0.15, 0.2) is 5.96 Å². The van der Waals surface area contributed by atoms with Crippen molar-refractivity contribution in [1.82, 2.24) is 16.0 Å². The Kier molecular flexibility index (Phi) is 15.3. The number of benzene rings is 1. The van der Waals surface area contributed by atoms with Gasteiger partial charge in [0.2, 0.25) is 0 Å². The highest BCUT2D eigenvalue weighted by Gasteiger charge is 2.04. The van der Waals surface area contributed by atoms with Gasteiger partial charge in [-0.25, -0.2) is 0 Å². The predicted octanol–water partition coefficient (Wildman–Crippen LogP) is 2.83. The van der Waals surface area contributed by atoms with Crippen molar-refractivity contribution in [1.29, 1.82) is 0 Å². The van der Waals surface area contributed by atoms with E-state index in [0.717, 1.165) is 31.9 Å². The van der Waals surface area contributed by atoms with Crippen LogP contribution >= 0.6 is 35.7 Å². The van der Waals surface area contributed by atoms with E-state index in [1.807, 2.05) is 18.7 Å². The Labute approximate surface area is 178 Å². The number of aliphatic imine (C=N–C) groups is 1. The molecule has 0 bridgehead atoms. The highest BCUT2D eigenvalue weighted by atomic mass is 127. The van der Waals surface area contributed by atoms with Gasteiger partial charge < -0.3 is 21.1 Å². The van der Waals surface area contributed by atoms with E-state index in [1.54, 1.807) is 18.2 Å². The molecule has 0 aliphatic rings. The fourth-order valence-electron chi connectivity index (χ4n) is 2.14. The predicted molar refractivity (Wildman–Crippen MR) is 122 cm³/mol. The molecule has 1 amide bonds. The SMILES string of the molecule is CCNC(=NCCCNC(=O)c1cccc(O)c1)NCCCCSC.I. The molecule has 1 rings (SSSR count). The number of guanidine groups is 1. The first-order valence-corrected chi connectivity index (χ1v) is 10.1. The number of aromatic hydroxyl groups is 1. The number of hydrogen-bond acceptors (Lipinski definition) is 4. The minimum Gasteiger partial charge on any atom is -0.508 e. The highest BCUT2D eigenvalue weighted by Crippen LogP contribution is 2.10. The monoisotopic (exact) mass is 494 g/mol. The van der Waals surface area contributed by atoms with Gasteiger partial charge in [0.1, 0.15) is 5.75 Å². The van der Waals surface area contributed by atoms with E-state index in [1.165, 1.54) is 18.2 Å². The van der Waals surface area contributed by atoms with E-state index < -0.39 is 0 Å². The Morgan fingerprint density at radius 3 is 2.62 bits per heavy atom. The summed E-state index contributed by atoms with van der Waals surface area (Å²) in [5.74, 6) is 1.93. The molecule has 0 saturated heterocycles. The number of unbranched alkanes of at least 4 members (excludes halogenated alkanes) is 1. The number of nitrogens with zero attached hydrogens (tertiary/aromatic N) is 1. The largest absolute Gasteiger partial charge is 0.508 e. The second-order valence-corrected chi connectivity index (χ2v) is 6.53. The molecule has 0 spiro atoms. The lowest BCUT2D eigenvalue weighted by Gasteiger charge is -2.11. The summed E-state index contributed by atoms with van der Waals surface area (Å²) in [6.07, 6.45) is 5.21. The smallest absolute Gasteiger partial charge is 0.251 e. The number of amides is 1. The average molecular weight is 494 g/mol. The normalized spacial score (nSPS) is 10.8. The zero-order chi connectivity index (χ0) is 18.3. The van der Waals surface area contributed by atoms with Crippen molar-refractivity contribution in [2.75, 3.05) is 38.2 Å². The molecule has 0 aliphatic carbocycles. The molecule has 0 atom stereocenters. The number of halogens is 1. The molecule has 0 heterocycles. The Bertz CT molecular complexity index is 544. The van der Waals surface area contributed by atoms with Crippen molar-refractivity contribution in [3.63, 3.8) is 0 Å². The summed E-state index contributed by atoms with van der Waals surface area (Å²) in [5, 5.41) is 18.8. The van der Waals surface area contributed by atoms with Gasteiger partial charge in [0.25, 0.3) is 5.91 Å². The van der Waals surface area contributed by atoms with Crippen LogP contribution in [0, 0.1) is 0 Å². The van der Waals surface area contributed by atoms with Gasteiger partial charge in [-0.05, 0) is 56.4 Å². The first kappa shape index (κ1) is 24.8. The van der Waals surface area contributed by atoms with Gasteiger partial charge in [0.05, 0.1) is 0 Å². The van der Waals surface area contributed by atoms with E-state index in [-0.39, 0.29) is 35.6 Å². The van der Waals surface area contributed by atoms with E-state index >= 15 is 0 Å². The van der Waals surface area contributed by atoms with Crippen LogP contribution in [0.2, 0.25) is 0 Å². The van der Waals surface area contributed by atoms with Gasteiger partial charge in [-0.15, -0.1) is 24.0 Å². The van der Waals surface area contributed by atoms with Crippen molar-refractivity contribution >= 4 is 47.6 Å². The Morgan fingerprint density at radius 1 is 1.15 bits per heavy atom. The molecule has 0 radical (unpaired) electrons. The third-order valence-corrected chi connectivity index (χ3v) is 4.11. The summed E-state index contributed by atoms with van der Waals surface area (Å²) in [5.41, 5.74) is 0.462. The lowest BCUT2D eigenvalue weighted by Crippen LogP contribution is -2.38. The van der Waals surface area contributed by atoms with E-state index in [2.05, 4.69) is 27.2 Å². The van der Waals surface area contributed by atoms with Crippen LogP contribution < -0.4 is 16.0 Å². The molecule has 0 aromatic heterocycles. The third kappa shape index (κ3) is 11.5. The zero-order valence-corrected chi connectivity index (χ0v) is 18.7. The standard InChI is InChI=1S/C18H30N4O2S.HI/c1-3-19-18(21-10-4-5-13-25-2)22-12-7-11-20-17(24)15-8-6-9-16(23)14-15;/h6,8-9,14,23H,3-5,7,10-13H2,1-2H3,(H,20,24)(H2,19,21,22);1H. The molecule has 6 nitrogen and oxygen atoms in total. The van der Waals surface area contributed by atoms with Gasteiger partial charge in [-0.3, -0.25) is 9.79 Å². The van der Waals surface area contributed by atoms with Crippen LogP contribution in [-0.4, -0.2) is 55.2 Å². The Balaban J connectivity index is 0.00000625. The molecule has 0 fully saturated rings. The molecule has 1 aromatic carbocycles. The summed E-state index contributed by atoms with van der Waals surface area (Å²) >= 11 is 1.87. The maximum atomic E-state index is 11.9. The Morgan fingerprint density at radius 2 is 1.92 bits per heavy atom. The molecule has 8 heteroatoms. The number of rotatable bonds is 11. The van der Waals surface area contributed by atoms with Crippen LogP contribution in [0.1, 0.15) is 36.5 Å². The van der Waals surface area contributed by atoms with Crippen LogP contribution in [0.15, 0.2) is 29.3 Å². The fraction of sp³-hybridized carbons (Fsp3) is 0.556. The molecule has 0 saturated carbocycles. The molecule has 1 aromatic rings. The number of hydrogen-bond donors (Lipinski definition) is 4. The van der Waals surface area contributed by atoms with Crippen LogP contribution in [0.3, 0.4) is 0 Å². The average Bonchev–Trinajstić information content (AvgIpc) is 2.61. The second kappa shape index (κ2) is 16.0. The van der Waals surface area contributed by atoms with Crippen molar-refractivity contribution in [2.45, 2.75) is 26.2 Å². The summed E-state index contributed by atoms with van der Waals surface area (Å²) < 4.78 is 0. The van der Waals surface area contributed by atoms with Crippen molar-refractivity contribution in [3.05, 3.63) is 29.8 Å². The number of carbonyl (C=O) groups excluding carboxylic acids is 1. The maximum absolute atomic E-state index is 11.9. The molecule has 0 unspecified atom stereocenters. The second-order valence-electron chi connectivity index (χ2n) is 5.55. The van der Waals surface area contributed by atoms with Crippen LogP contribution in [0.5, 0.6) is 5.75 Å². The van der Waals surface area contributed by atoms with Crippen LogP contribution in [0.25, 0.3) is 0 Å². The molecule has 148 valence electrons. The first-order chi connectivity index (χ1) is 12.2. The fourth-order valence-corrected chi connectivity index (χ4v) is 2.63. The maximum Gasteiger partial charge on any atom is 0.251 e. The molecule has 26 heavy (non-hydrogen) atoms. The molecule has 4 N–H and O–H groups in total. The minimum absolute atomic E-state index is 0. The third-order valence-electron chi connectivity index (χ3n) is 3.41. The van der Waals surface area contributed by atoms with Crippen molar-refractivity contribution in [3.8, 4) is 5.75 Å². The van der Waals surface area contributed by atoms with Gasteiger partial charge in [0, 0.05) is 31.7 Å². The van der Waals surface area contributed by atoms with E-state index in [9.17, 15) is 9.90 Å². The van der Waals surface area contributed by atoms with Gasteiger partial charge in [-0.2, -0.15) is 11.8 Å². The van der Waals surface area contributed by atoms with Crippen molar-refractivity contribution in [2.24, 2.45) is 4.99 Å². The summed E-state index contributed by atoms with van der Waals surface area (Å²) in [6, 6.07) is 6.33.